The maximum Gasteiger partial charge on any atom is 0.238 e. The van der Waals surface area contributed by atoms with Gasteiger partial charge in [-0.15, -0.1) is 0 Å². The van der Waals surface area contributed by atoms with Gasteiger partial charge in [-0.05, 0) is 30.2 Å². The molecule has 0 aliphatic carbocycles. The summed E-state index contributed by atoms with van der Waals surface area (Å²) in [5, 5.41) is 11.3. The standard InChI is InChI=1S/C15H21N5O3S/c1-23-11-10-19-15-18-9-7-14(20-15)17-8-6-12-2-4-13(5-3-12)24(16,21)22/h2-5,7,9H,6,8,10-11H2,1H3,(H2,16,21,22)(H2,17,18,19,20). The van der Waals surface area contributed by atoms with Gasteiger partial charge in [-0.25, -0.2) is 18.5 Å². The van der Waals surface area contributed by atoms with Crippen LogP contribution in [0.15, 0.2) is 41.4 Å². The van der Waals surface area contributed by atoms with Gasteiger partial charge < -0.3 is 15.4 Å². The molecular weight excluding hydrogens is 330 g/mol. The Labute approximate surface area is 141 Å². The Morgan fingerprint density at radius 1 is 1.12 bits per heavy atom. The van der Waals surface area contributed by atoms with Crippen molar-refractivity contribution in [3.8, 4) is 0 Å². The Kier molecular flexibility index (Phi) is 6.47. The SMILES string of the molecule is COCCNc1nccc(NCCc2ccc(S(N)(=O)=O)cc2)n1. The van der Waals surface area contributed by atoms with Crippen LogP contribution in [0.2, 0.25) is 0 Å². The van der Waals surface area contributed by atoms with Crippen molar-refractivity contribution in [2.75, 3.05) is 37.4 Å². The summed E-state index contributed by atoms with van der Waals surface area (Å²) < 4.78 is 27.4. The molecule has 1 aromatic heterocycles. The summed E-state index contributed by atoms with van der Waals surface area (Å²) in [5.74, 6) is 1.25. The van der Waals surface area contributed by atoms with E-state index in [-0.39, 0.29) is 4.90 Å². The number of benzene rings is 1. The predicted molar refractivity (Wildman–Crippen MR) is 92.4 cm³/mol. The molecule has 0 saturated carbocycles. The molecule has 4 N–H and O–H groups in total. The molecule has 0 saturated heterocycles. The van der Waals surface area contributed by atoms with E-state index in [1.807, 2.05) is 0 Å². The number of sulfonamides is 1. The summed E-state index contributed by atoms with van der Waals surface area (Å²) in [7, 11) is -2.01. The molecule has 0 bridgehead atoms. The molecule has 8 nitrogen and oxygen atoms in total. The summed E-state index contributed by atoms with van der Waals surface area (Å²) in [6, 6.07) is 8.30. The quantitative estimate of drug-likeness (QED) is 0.573. The molecule has 0 aliphatic heterocycles. The van der Waals surface area contributed by atoms with Crippen LogP contribution in [-0.4, -0.2) is 45.2 Å². The fourth-order valence-electron chi connectivity index (χ4n) is 1.99. The summed E-state index contributed by atoms with van der Waals surface area (Å²) >= 11 is 0. The largest absolute Gasteiger partial charge is 0.383 e. The molecule has 0 unspecified atom stereocenters. The van der Waals surface area contributed by atoms with Gasteiger partial charge in [0, 0.05) is 26.4 Å². The van der Waals surface area contributed by atoms with Crippen LogP contribution in [0, 0.1) is 0 Å². The van der Waals surface area contributed by atoms with E-state index in [2.05, 4.69) is 20.6 Å². The Morgan fingerprint density at radius 3 is 2.54 bits per heavy atom. The number of nitrogens with two attached hydrogens (primary N) is 1. The number of anilines is 2. The highest BCUT2D eigenvalue weighted by atomic mass is 32.2. The summed E-state index contributed by atoms with van der Waals surface area (Å²) in [6.07, 6.45) is 2.40. The molecule has 0 aliphatic rings. The summed E-state index contributed by atoms with van der Waals surface area (Å²) in [6.45, 7) is 1.87. The average molecular weight is 351 g/mol. The van der Waals surface area contributed by atoms with Crippen LogP contribution in [0.4, 0.5) is 11.8 Å². The molecule has 2 rings (SSSR count). The monoisotopic (exact) mass is 351 g/mol. The molecule has 0 fully saturated rings. The van der Waals surface area contributed by atoms with E-state index in [1.54, 1.807) is 31.5 Å². The highest BCUT2D eigenvalue weighted by Crippen LogP contribution is 2.10. The van der Waals surface area contributed by atoms with E-state index in [4.69, 9.17) is 9.88 Å². The number of methoxy groups -OCH3 is 1. The number of hydrogen-bond donors (Lipinski definition) is 3. The first kappa shape index (κ1) is 18.1. The van der Waals surface area contributed by atoms with Gasteiger partial charge in [0.25, 0.3) is 0 Å². The molecule has 0 amide bonds. The van der Waals surface area contributed by atoms with Crippen molar-refractivity contribution >= 4 is 21.8 Å². The maximum atomic E-state index is 11.2. The normalized spacial score (nSPS) is 11.2. The molecule has 0 atom stereocenters. The van der Waals surface area contributed by atoms with Gasteiger partial charge in [-0.3, -0.25) is 0 Å². The summed E-state index contributed by atoms with van der Waals surface area (Å²) in [5.41, 5.74) is 1.00. The zero-order chi connectivity index (χ0) is 17.4. The number of nitrogens with one attached hydrogen (secondary N) is 2. The Balaban J connectivity index is 1.84. The third kappa shape index (κ3) is 5.76. The first-order valence-corrected chi connectivity index (χ1v) is 8.95. The van der Waals surface area contributed by atoms with Gasteiger partial charge in [0.05, 0.1) is 11.5 Å². The molecule has 1 heterocycles. The van der Waals surface area contributed by atoms with E-state index in [1.165, 1.54) is 12.1 Å². The number of ether oxygens (including phenoxy) is 1. The number of aromatic nitrogens is 2. The smallest absolute Gasteiger partial charge is 0.238 e. The van der Waals surface area contributed by atoms with Gasteiger partial charge >= 0.3 is 0 Å². The minimum absolute atomic E-state index is 0.113. The molecule has 24 heavy (non-hydrogen) atoms. The molecule has 9 heteroatoms. The molecule has 2 aromatic rings. The fourth-order valence-corrected chi connectivity index (χ4v) is 2.50. The van der Waals surface area contributed by atoms with Gasteiger partial charge in [0.1, 0.15) is 5.82 Å². The molecular formula is C15H21N5O3S. The third-order valence-electron chi connectivity index (χ3n) is 3.22. The van der Waals surface area contributed by atoms with Gasteiger partial charge in [-0.1, -0.05) is 12.1 Å². The van der Waals surface area contributed by atoms with Crippen molar-refractivity contribution in [2.45, 2.75) is 11.3 Å². The molecule has 0 radical (unpaired) electrons. The second kappa shape index (κ2) is 8.57. The van der Waals surface area contributed by atoms with Crippen LogP contribution < -0.4 is 15.8 Å². The third-order valence-corrected chi connectivity index (χ3v) is 4.15. The number of rotatable bonds is 9. The lowest BCUT2D eigenvalue weighted by Crippen LogP contribution is -2.13. The minimum atomic E-state index is -3.65. The maximum absolute atomic E-state index is 11.2. The Hall–Kier alpha value is -2.23. The lowest BCUT2D eigenvalue weighted by atomic mass is 10.1. The van der Waals surface area contributed by atoms with Crippen molar-refractivity contribution < 1.29 is 13.2 Å². The van der Waals surface area contributed by atoms with Crippen LogP contribution >= 0.6 is 0 Å². The average Bonchev–Trinajstić information content (AvgIpc) is 2.55. The van der Waals surface area contributed by atoms with Crippen LogP contribution in [0.1, 0.15) is 5.56 Å². The Bertz CT molecular complexity index is 750. The van der Waals surface area contributed by atoms with E-state index in [0.717, 1.165) is 12.0 Å². The van der Waals surface area contributed by atoms with Crippen molar-refractivity contribution in [3.05, 3.63) is 42.1 Å². The highest BCUT2D eigenvalue weighted by molar-refractivity contribution is 7.89. The lowest BCUT2D eigenvalue weighted by Gasteiger charge is -2.08. The molecule has 0 spiro atoms. The van der Waals surface area contributed by atoms with Gasteiger partial charge in [0.15, 0.2) is 0 Å². The first-order chi connectivity index (χ1) is 11.5. The number of hydrogen-bond acceptors (Lipinski definition) is 7. The van der Waals surface area contributed by atoms with Crippen molar-refractivity contribution in [3.63, 3.8) is 0 Å². The van der Waals surface area contributed by atoms with Gasteiger partial charge in [-0.2, -0.15) is 4.98 Å². The van der Waals surface area contributed by atoms with E-state index < -0.39 is 10.0 Å². The van der Waals surface area contributed by atoms with Crippen molar-refractivity contribution in [1.82, 2.24) is 9.97 Å². The van der Waals surface area contributed by atoms with E-state index >= 15 is 0 Å². The second-order valence-electron chi connectivity index (χ2n) is 5.05. The van der Waals surface area contributed by atoms with Crippen LogP contribution in [0.5, 0.6) is 0 Å². The highest BCUT2D eigenvalue weighted by Gasteiger charge is 2.06. The molecule has 1 aromatic carbocycles. The van der Waals surface area contributed by atoms with Crippen molar-refractivity contribution in [1.29, 1.82) is 0 Å². The number of primary sulfonamides is 1. The van der Waals surface area contributed by atoms with E-state index in [0.29, 0.717) is 31.5 Å². The second-order valence-corrected chi connectivity index (χ2v) is 6.61. The number of nitrogens with zero attached hydrogens (tertiary/aromatic N) is 2. The van der Waals surface area contributed by atoms with Crippen LogP contribution in [-0.2, 0) is 21.2 Å². The fraction of sp³-hybridized carbons (Fsp3) is 0.333. The zero-order valence-corrected chi connectivity index (χ0v) is 14.2. The first-order valence-electron chi connectivity index (χ1n) is 7.40. The van der Waals surface area contributed by atoms with E-state index in [9.17, 15) is 8.42 Å². The summed E-state index contributed by atoms with van der Waals surface area (Å²) in [4.78, 5) is 8.57. The van der Waals surface area contributed by atoms with Gasteiger partial charge in [0.2, 0.25) is 16.0 Å². The van der Waals surface area contributed by atoms with Crippen molar-refractivity contribution in [2.24, 2.45) is 5.14 Å². The topological polar surface area (TPSA) is 119 Å². The Morgan fingerprint density at radius 2 is 1.88 bits per heavy atom. The van der Waals surface area contributed by atoms with Crippen LogP contribution in [0.3, 0.4) is 0 Å². The zero-order valence-electron chi connectivity index (χ0n) is 13.4. The molecule has 130 valence electrons. The van der Waals surface area contributed by atoms with Crippen LogP contribution in [0.25, 0.3) is 0 Å². The lowest BCUT2D eigenvalue weighted by molar-refractivity contribution is 0.210. The minimum Gasteiger partial charge on any atom is -0.383 e. The predicted octanol–water partition coefficient (Wildman–Crippen LogP) is 0.837.